The van der Waals surface area contributed by atoms with Crippen LogP contribution < -0.4 is 0 Å². The standard InChI is InChI=1S/C73H144O5/c1-3-5-7-9-11-13-15-17-19-21-23-25-27-29-31-32-33-34-35-36-37-38-39-40-41-42-44-46-48-50-52-54-56-58-60-62-64-66-68-73(76)78-71(69-74)70-77-72(75)67-65-63-61-59-57-55-53-51-49-47-45-43-30-28-26-24-22-20-18-16-14-12-10-8-6-4-2/h71,74H,3-70H2,1-2H3. The van der Waals surface area contributed by atoms with E-state index in [1.807, 2.05) is 0 Å². The Morgan fingerprint density at radius 1 is 0.244 bits per heavy atom. The van der Waals surface area contributed by atoms with Gasteiger partial charge in [-0.1, -0.05) is 412 Å². The summed E-state index contributed by atoms with van der Waals surface area (Å²) in [7, 11) is 0. The van der Waals surface area contributed by atoms with Crippen molar-refractivity contribution in [3.8, 4) is 0 Å². The van der Waals surface area contributed by atoms with Gasteiger partial charge in [0.25, 0.3) is 0 Å². The molecule has 0 aliphatic carbocycles. The quantitative estimate of drug-likeness (QED) is 0.0485. The van der Waals surface area contributed by atoms with Gasteiger partial charge in [0.15, 0.2) is 6.10 Å². The maximum atomic E-state index is 12.4. The molecule has 0 aromatic heterocycles. The zero-order valence-corrected chi connectivity index (χ0v) is 53.7. The van der Waals surface area contributed by atoms with E-state index in [0.717, 1.165) is 32.1 Å². The fraction of sp³-hybridized carbons (Fsp3) is 0.973. The number of unbranched alkanes of at least 4 members (excludes halogenated alkanes) is 62. The third-order valence-electron chi connectivity index (χ3n) is 17.4. The fourth-order valence-corrected chi connectivity index (χ4v) is 11.9. The lowest BCUT2D eigenvalue weighted by atomic mass is 10.0. The zero-order chi connectivity index (χ0) is 56.2. The van der Waals surface area contributed by atoms with Crippen LogP contribution in [-0.4, -0.2) is 36.4 Å². The van der Waals surface area contributed by atoms with E-state index in [9.17, 15) is 14.7 Å². The largest absolute Gasteiger partial charge is 0.462 e. The van der Waals surface area contributed by atoms with Crippen molar-refractivity contribution in [2.24, 2.45) is 0 Å². The van der Waals surface area contributed by atoms with E-state index in [1.165, 1.54) is 379 Å². The molecule has 5 heteroatoms. The number of aliphatic hydroxyl groups is 1. The van der Waals surface area contributed by atoms with Gasteiger partial charge >= 0.3 is 11.9 Å². The van der Waals surface area contributed by atoms with Gasteiger partial charge in [-0.05, 0) is 12.8 Å². The third-order valence-corrected chi connectivity index (χ3v) is 17.4. The molecule has 0 fully saturated rings. The van der Waals surface area contributed by atoms with Crippen molar-refractivity contribution in [3.63, 3.8) is 0 Å². The Morgan fingerprint density at radius 3 is 0.564 bits per heavy atom. The maximum Gasteiger partial charge on any atom is 0.306 e. The summed E-state index contributed by atoms with van der Waals surface area (Å²) in [4.78, 5) is 24.6. The second kappa shape index (κ2) is 70.2. The number of hydrogen-bond donors (Lipinski definition) is 1. The second-order valence-electron chi connectivity index (χ2n) is 25.4. The molecule has 0 bridgehead atoms. The highest BCUT2D eigenvalue weighted by molar-refractivity contribution is 5.70. The minimum atomic E-state index is -0.766. The molecule has 0 spiro atoms. The lowest BCUT2D eigenvalue weighted by Gasteiger charge is -2.15. The van der Waals surface area contributed by atoms with Crippen molar-refractivity contribution in [2.45, 2.75) is 444 Å². The van der Waals surface area contributed by atoms with Crippen molar-refractivity contribution < 1.29 is 24.2 Å². The Morgan fingerprint density at radius 2 is 0.397 bits per heavy atom. The second-order valence-corrected chi connectivity index (χ2v) is 25.4. The maximum absolute atomic E-state index is 12.4. The Bertz CT molecular complexity index is 1110. The Kier molecular flexibility index (Phi) is 69.2. The van der Waals surface area contributed by atoms with Crippen LogP contribution in [0.2, 0.25) is 0 Å². The number of carbonyl (C=O) groups excluding carboxylic acids is 2. The molecule has 0 saturated heterocycles. The van der Waals surface area contributed by atoms with Crippen LogP contribution in [0.4, 0.5) is 0 Å². The smallest absolute Gasteiger partial charge is 0.306 e. The molecule has 1 unspecified atom stereocenters. The number of esters is 2. The highest BCUT2D eigenvalue weighted by Crippen LogP contribution is 2.20. The molecule has 78 heavy (non-hydrogen) atoms. The van der Waals surface area contributed by atoms with Gasteiger partial charge in [-0.3, -0.25) is 9.59 Å². The molecular formula is C73H144O5. The molecule has 0 aromatic rings. The Balaban J connectivity index is 3.33. The first-order valence-corrected chi connectivity index (χ1v) is 36.6. The predicted molar refractivity (Wildman–Crippen MR) is 344 cm³/mol. The molecule has 1 atom stereocenters. The van der Waals surface area contributed by atoms with E-state index in [1.54, 1.807) is 0 Å². The van der Waals surface area contributed by atoms with Crippen LogP contribution in [0.15, 0.2) is 0 Å². The average Bonchev–Trinajstić information content (AvgIpc) is 3.44. The summed E-state index contributed by atoms with van der Waals surface area (Å²) >= 11 is 0. The van der Waals surface area contributed by atoms with Gasteiger partial charge in [0.2, 0.25) is 0 Å². The Hall–Kier alpha value is -1.10. The number of rotatable bonds is 70. The molecule has 0 aliphatic heterocycles. The molecule has 0 saturated carbocycles. The molecule has 0 amide bonds. The van der Waals surface area contributed by atoms with E-state index >= 15 is 0 Å². The van der Waals surface area contributed by atoms with Gasteiger partial charge in [0.1, 0.15) is 6.61 Å². The molecule has 0 heterocycles. The van der Waals surface area contributed by atoms with E-state index in [4.69, 9.17) is 9.47 Å². The SMILES string of the molecule is CCCCCCCCCCCCCCCCCCCCCCCCCCCCCCCCCCCCCCCCC(=O)OC(CO)COC(=O)CCCCCCCCCCCCCCCCCCCCCCCCCCCC. The summed E-state index contributed by atoms with van der Waals surface area (Å²) in [5.74, 6) is -0.558. The van der Waals surface area contributed by atoms with Gasteiger partial charge in [0, 0.05) is 12.8 Å². The summed E-state index contributed by atoms with van der Waals surface area (Å²) in [6.07, 6.45) is 88.9. The highest BCUT2D eigenvalue weighted by Gasteiger charge is 2.16. The Labute approximate surface area is 490 Å². The number of carbonyl (C=O) groups is 2. The third kappa shape index (κ3) is 67.4. The number of ether oxygens (including phenoxy) is 2. The average molecular weight is 1100 g/mol. The van der Waals surface area contributed by atoms with Crippen molar-refractivity contribution in [1.82, 2.24) is 0 Å². The summed E-state index contributed by atoms with van der Waals surface area (Å²) in [6, 6.07) is 0. The summed E-state index contributed by atoms with van der Waals surface area (Å²) in [5, 5.41) is 9.70. The molecule has 0 radical (unpaired) electrons. The van der Waals surface area contributed by atoms with Gasteiger partial charge in [-0.15, -0.1) is 0 Å². The monoisotopic (exact) mass is 1100 g/mol. The van der Waals surface area contributed by atoms with Crippen LogP contribution in [0, 0.1) is 0 Å². The first kappa shape index (κ1) is 76.9. The van der Waals surface area contributed by atoms with Gasteiger partial charge in [-0.25, -0.2) is 0 Å². The summed E-state index contributed by atoms with van der Waals surface area (Å²) in [5.41, 5.74) is 0. The minimum Gasteiger partial charge on any atom is -0.462 e. The van der Waals surface area contributed by atoms with Crippen LogP contribution >= 0.6 is 0 Å². The lowest BCUT2D eigenvalue weighted by Crippen LogP contribution is -2.28. The summed E-state index contributed by atoms with van der Waals surface area (Å²) in [6.45, 7) is 4.23. The molecule has 5 nitrogen and oxygen atoms in total. The first-order valence-electron chi connectivity index (χ1n) is 36.6. The van der Waals surface area contributed by atoms with E-state index in [2.05, 4.69) is 13.8 Å². The van der Waals surface area contributed by atoms with Gasteiger partial charge in [-0.2, -0.15) is 0 Å². The van der Waals surface area contributed by atoms with E-state index in [0.29, 0.717) is 12.8 Å². The molecular weight excluding hydrogens is 957 g/mol. The van der Waals surface area contributed by atoms with Gasteiger partial charge in [0.05, 0.1) is 6.61 Å². The topological polar surface area (TPSA) is 72.8 Å². The number of hydrogen-bond acceptors (Lipinski definition) is 5. The molecule has 466 valence electrons. The van der Waals surface area contributed by atoms with E-state index < -0.39 is 6.10 Å². The van der Waals surface area contributed by atoms with Gasteiger partial charge < -0.3 is 14.6 Å². The van der Waals surface area contributed by atoms with Crippen LogP contribution in [0.25, 0.3) is 0 Å². The van der Waals surface area contributed by atoms with Crippen LogP contribution in [0.3, 0.4) is 0 Å². The molecule has 0 rings (SSSR count). The van der Waals surface area contributed by atoms with Crippen LogP contribution in [-0.2, 0) is 19.1 Å². The van der Waals surface area contributed by atoms with Crippen molar-refractivity contribution >= 4 is 11.9 Å². The van der Waals surface area contributed by atoms with Crippen LogP contribution in [0.5, 0.6) is 0 Å². The number of aliphatic hydroxyl groups excluding tert-OH is 1. The lowest BCUT2D eigenvalue weighted by molar-refractivity contribution is -0.161. The fourth-order valence-electron chi connectivity index (χ4n) is 11.9. The van der Waals surface area contributed by atoms with Crippen molar-refractivity contribution in [2.75, 3.05) is 13.2 Å². The molecule has 0 aliphatic rings. The minimum absolute atomic E-state index is 0.0553. The zero-order valence-electron chi connectivity index (χ0n) is 53.7. The van der Waals surface area contributed by atoms with Crippen molar-refractivity contribution in [3.05, 3.63) is 0 Å². The summed E-state index contributed by atoms with van der Waals surface area (Å²) < 4.78 is 10.8. The first-order chi connectivity index (χ1) is 38.6. The molecule has 1 N–H and O–H groups in total. The highest BCUT2D eigenvalue weighted by atomic mass is 16.6. The predicted octanol–water partition coefficient (Wildman–Crippen LogP) is 25.2. The van der Waals surface area contributed by atoms with E-state index in [-0.39, 0.29) is 25.2 Å². The van der Waals surface area contributed by atoms with Crippen LogP contribution in [0.1, 0.15) is 438 Å². The molecule has 0 aromatic carbocycles. The van der Waals surface area contributed by atoms with Crippen molar-refractivity contribution in [1.29, 1.82) is 0 Å². The normalized spacial score (nSPS) is 12.0.